The predicted molar refractivity (Wildman–Crippen MR) is 65.5 cm³/mol. The Morgan fingerprint density at radius 2 is 2.19 bits per heavy atom. The van der Waals surface area contributed by atoms with Crippen LogP contribution in [-0.2, 0) is 0 Å². The Labute approximate surface area is 97.1 Å². The molecule has 0 aromatic carbocycles. The Morgan fingerprint density at radius 3 is 2.88 bits per heavy atom. The summed E-state index contributed by atoms with van der Waals surface area (Å²) in [4.78, 5) is 2.39. The second-order valence-corrected chi connectivity index (χ2v) is 4.75. The van der Waals surface area contributed by atoms with Crippen molar-refractivity contribution in [2.24, 2.45) is 5.92 Å². The van der Waals surface area contributed by atoms with E-state index in [1.807, 2.05) is 13.0 Å². The predicted octanol–water partition coefficient (Wildman–Crippen LogP) is 1.54. The molecule has 0 radical (unpaired) electrons. The van der Waals surface area contributed by atoms with Gasteiger partial charge in [0.1, 0.15) is 5.82 Å². The van der Waals surface area contributed by atoms with Gasteiger partial charge >= 0.3 is 0 Å². The van der Waals surface area contributed by atoms with E-state index >= 15 is 0 Å². The largest absolute Gasteiger partial charge is 0.368 e. The summed E-state index contributed by atoms with van der Waals surface area (Å²) in [7, 11) is 2.19. The van der Waals surface area contributed by atoms with Crippen LogP contribution in [-0.4, -0.2) is 41.8 Å². The third kappa shape index (κ3) is 3.17. The van der Waals surface area contributed by atoms with Crippen molar-refractivity contribution < 1.29 is 0 Å². The van der Waals surface area contributed by atoms with Crippen molar-refractivity contribution in [3.8, 4) is 0 Å². The molecule has 1 aliphatic rings. The molecule has 1 aromatic heterocycles. The van der Waals surface area contributed by atoms with Gasteiger partial charge in [0, 0.05) is 6.54 Å². The minimum absolute atomic E-state index is 0.776. The summed E-state index contributed by atoms with van der Waals surface area (Å²) in [5, 5.41) is 11.4. The fourth-order valence-corrected chi connectivity index (χ4v) is 2.07. The molecular formula is C12H20N4. The van der Waals surface area contributed by atoms with E-state index in [2.05, 4.69) is 27.5 Å². The number of rotatable bonds is 3. The van der Waals surface area contributed by atoms with Gasteiger partial charge < -0.3 is 10.2 Å². The van der Waals surface area contributed by atoms with Gasteiger partial charge in [-0.3, -0.25) is 0 Å². The number of likely N-dealkylation sites (tertiary alicyclic amines) is 1. The van der Waals surface area contributed by atoms with Crippen LogP contribution in [0.1, 0.15) is 18.4 Å². The minimum atomic E-state index is 0.776. The number of aromatic nitrogens is 2. The van der Waals surface area contributed by atoms with Crippen molar-refractivity contribution in [1.82, 2.24) is 15.1 Å². The molecule has 0 spiro atoms. The summed E-state index contributed by atoms with van der Waals surface area (Å²) in [5.74, 6) is 1.68. The number of hydrogen-bond donors (Lipinski definition) is 1. The number of anilines is 1. The van der Waals surface area contributed by atoms with E-state index in [9.17, 15) is 0 Å². The molecule has 1 fully saturated rings. The smallest absolute Gasteiger partial charge is 0.148 e. The van der Waals surface area contributed by atoms with Crippen molar-refractivity contribution in [3.63, 3.8) is 0 Å². The molecule has 2 rings (SSSR count). The maximum atomic E-state index is 4.07. The molecule has 2 heterocycles. The van der Waals surface area contributed by atoms with Gasteiger partial charge in [-0.05, 0) is 57.5 Å². The molecule has 4 nitrogen and oxygen atoms in total. The molecule has 0 unspecified atom stereocenters. The average molecular weight is 220 g/mol. The van der Waals surface area contributed by atoms with Crippen LogP contribution in [0.4, 0.5) is 5.82 Å². The van der Waals surface area contributed by atoms with Gasteiger partial charge in [-0.2, -0.15) is 5.10 Å². The van der Waals surface area contributed by atoms with Gasteiger partial charge in [-0.15, -0.1) is 5.10 Å². The second kappa shape index (κ2) is 5.25. The van der Waals surface area contributed by atoms with E-state index in [0.717, 1.165) is 23.8 Å². The van der Waals surface area contributed by atoms with E-state index in [1.54, 1.807) is 6.20 Å². The standard InChI is InChI=1S/C12H20N4/c1-10-7-12(15-14-8-10)13-9-11-3-5-16(2)6-4-11/h7-8,11H,3-6,9H2,1-2H3,(H,13,15). The molecule has 0 amide bonds. The van der Waals surface area contributed by atoms with Crippen LogP contribution in [0.25, 0.3) is 0 Å². The zero-order valence-corrected chi connectivity index (χ0v) is 10.1. The molecule has 0 bridgehead atoms. The van der Waals surface area contributed by atoms with Gasteiger partial charge in [0.05, 0.1) is 6.20 Å². The van der Waals surface area contributed by atoms with Crippen molar-refractivity contribution in [3.05, 3.63) is 17.8 Å². The molecule has 1 saturated heterocycles. The second-order valence-electron chi connectivity index (χ2n) is 4.75. The van der Waals surface area contributed by atoms with E-state index in [0.29, 0.717) is 0 Å². The van der Waals surface area contributed by atoms with Crippen LogP contribution in [0.3, 0.4) is 0 Å². The Morgan fingerprint density at radius 1 is 1.44 bits per heavy atom. The lowest BCUT2D eigenvalue weighted by atomic mass is 9.97. The highest BCUT2D eigenvalue weighted by atomic mass is 15.2. The highest BCUT2D eigenvalue weighted by molar-refractivity contribution is 5.34. The summed E-state index contributed by atoms with van der Waals surface area (Å²) in [6, 6.07) is 2.04. The SMILES string of the molecule is Cc1cnnc(NCC2CCN(C)CC2)c1. The maximum absolute atomic E-state index is 4.07. The third-order valence-electron chi connectivity index (χ3n) is 3.20. The average Bonchev–Trinajstić information content (AvgIpc) is 2.28. The molecule has 1 aliphatic heterocycles. The lowest BCUT2D eigenvalue weighted by Crippen LogP contribution is -2.33. The Bertz CT molecular complexity index is 332. The van der Waals surface area contributed by atoms with Gasteiger partial charge in [-0.1, -0.05) is 0 Å². The molecule has 0 atom stereocenters. The molecule has 16 heavy (non-hydrogen) atoms. The lowest BCUT2D eigenvalue weighted by molar-refractivity contribution is 0.226. The van der Waals surface area contributed by atoms with Crippen LogP contribution in [0.15, 0.2) is 12.3 Å². The normalized spacial score (nSPS) is 18.6. The zero-order valence-electron chi connectivity index (χ0n) is 10.1. The van der Waals surface area contributed by atoms with E-state index in [1.165, 1.54) is 25.9 Å². The first-order valence-corrected chi connectivity index (χ1v) is 5.96. The summed E-state index contributed by atoms with van der Waals surface area (Å²) >= 11 is 0. The van der Waals surface area contributed by atoms with Crippen LogP contribution in [0.5, 0.6) is 0 Å². The zero-order chi connectivity index (χ0) is 11.4. The number of nitrogens with zero attached hydrogens (tertiary/aromatic N) is 3. The van der Waals surface area contributed by atoms with Crippen molar-refractivity contribution in [2.45, 2.75) is 19.8 Å². The summed E-state index contributed by atoms with van der Waals surface area (Å²) in [6.07, 6.45) is 4.34. The van der Waals surface area contributed by atoms with E-state index < -0.39 is 0 Å². The van der Waals surface area contributed by atoms with Gasteiger partial charge in [0.15, 0.2) is 0 Å². The highest BCUT2D eigenvalue weighted by Gasteiger charge is 2.16. The fourth-order valence-electron chi connectivity index (χ4n) is 2.07. The summed E-state index contributed by atoms with van der Waals surface area (Å²) < 4.78 is 0. The van der Waals surface area contributed by atoms with Crippen LogP contribution >= 0.6 is 0 Å². The molecule has 4 heteroatoms. The van der Waals surface area contributed by atoms with Gasteiger partial charge in [0.25, 0.3) is 0 Å². The Hall–Kier alpha value is -1.16. The van der Waals surface area contributed by atoms with Crippen molar-refractivity contribution in [1.29, 1.82) is 0 Å². The fraction of sp³-hybridized carbons (Fsp3) is 0.667. The summed E-state index contributed by atoms with van der Waals surface area (Å²) in [6.45, 7) is 5.49. The van der Waals surface area contributed by atoms with Crippen LogP contribution < -0.4 is 5.32 Å². The molecule has 1 N–H and O–H groups in total. The Kier molecular flexibility index (Phi) is 3.72. The topological polar surface area (TPSA) is 41.1 Å². The number of aryl methyl sites for hydroxylation is 1. The van der Waals surface area contributed by atoms with Gasteiger partial charge in [-0.25, -0.2) is 0 Å². The molecule has 0 saturated carbocycles. The minimum Gasteiger partial charge on any atom is -0.368 e. The van der Waals surface area contributed by atoms with E-state index in [-0.39, 0.29) is 0 Å². The highest BCUT2D eigenvalue weighted by Crippen LogP contribution is 2.16. The number of piperidine rings is 1. The molecule has 88 valence electrons. The molecular weight excluding hydrogens is 200 g/mol. The molecule has 1 aromatic rings. The van der Waals surface area contributed by atoms with E-state index in [4.69, 9.17) is 0 Å². The third-order valence-corrected chi connectivity index (χ3v) is 3.20. The van der Waals surface area contributed by atoms with Crippen LogP contribution in [0.2, 0.25) is 0 Å². The van der Waals surface area contributed by atoms with Gasteiger partial charge in [0.2, 0.25) is 0 Å². The monoisotopic (exact) mass is 220 g/mol. The van der Waals surface area contributed by atoms with Crippen LogP contribution in [0, 0.1) is 12.8 Å². The van der Waals surface area contributed by atoms with Crippen molar-refractivity contribution in [2.75, 3.05) is 32.0 Å². The first-order chi connectivity index (χ1) is 7.74. The molecule has 0 aliphatic carbocycles. The first kappa shape index (κ1) is 11.3. The maximum Gasteiger partial charge on any atom is 0.148 e. The summed E-state index contributed by atoms with van der Waals surface area (Å²) in [5.41, 5.74) is 1.15. The Balaban J connectivity index is 1.79. The quantitative estimate of drug-likeness (QED) is 0.839. The number of hydrogen-bond acceptors (Lipinski definition) is 4. The van der Waals surface area contributed by atoms with Crippen molar-refractivity contribution >= 4 is 5.82 Å². The number of nitrogens with one attached hydrogen (secondary N) is 1. The lowest BCUT2D eigenvalue weighted by Gasteiger charge is -2.29. The first-order valence-electron chi connectivity index (χ1n) is 5.96.